The predicted molar refractivity (Wildman–Crippen MR) is 90.0 cm³/mol. The number of sulfonamides is 1. The summed E-state index contributed by atoms with van der Waals surface area (Å²) in [6.45, 7) is 3.29. The van der Waals surface area contributed by atoms with Gasteiger partial charge in [-0.1, -0.05) is 6.92 Å². The van der Waals surface area contributed by atoms with E-state index in [1.54, 1.807) is 11.2 Å². The van der Waals surface area contributed by atoms with Crippen LogP contribution < -0.4 is 5.32 Å². The molecule has 0 saturated carbocycles. The molecular weight excluding hydrogens is 356 g/mol. The average Bonchev–Trinajstić information content (AvgIpc) is 3.07. The van der Waals surface area contributed by atoms with Crippen LogP contribution in [0.15, 0.2) is 15.4 Å². The summed E-state index contributed by atoms with van der Waals surface area (Å²) >= 11 is 0. The van der Waals surface area contributed by atoms with Gasteiger partial charge in [0, 0.05) is 31.1 Å². The summed E-state index contributed by atoms with van der Waals surface area (Å²) in [4.78, 5) is 11.8. The Labute approximate surface area is 148 Å². The number of nitrogens with zero attached hydrogens (tertiary/aromatic N) is 1. The molecule has 2 saturated heterocycles. The lowest BCUT2D eigenvalue weighted by Crippen LogP contribution is -2.42. The molecule has 1 N–H and O–H groups in total. The highest BCUT2D eigenvalue weighted by Gasteiger charge is 2.44. The second kappa shape index (κ2) is 7.43. The molecule has 0 aliphatic carbocycles. The van der Waals surface area contributed by atoms with Crippen LogP contribution >= 0.6 is 12.4 Å². The van der Waals surface area contributed by atoms with Crippen molar-refractivity contribution in [2.24, 2.45) is 0 Å². The molecule has 136 valence electrons. The van der Waals surface area contributed by atoms with E-state index in [1.807, 2.05) is 0 Å². The van der Waals surface area contributed by atoms with Crippen LogP contribution in [0.4, 0.5) is 0 Å². The van der Waals surface area contributed by atoms with Gasteiger partial charge in [-0.05, 0) is 25.8 Å². The highest BCUT2D eigenvalue weighted by molar-refractivity contribution is 7.89. The number of esters is 1. The number of methoxy groups -OCH3 is 1. The lowest BCUT2D eigenvalue weighted by molar-refractivity contribution is 0.0563. The van der Waals surface area contributed by atoms with Gasteiger partial charge in [-0.3, -0.25) is 0 Å². The maximum absolute atomic E-state index is 13.2. The van der Waals surface area contributed by atoms with E-state index in [4.69, 9.17) is 4.42 Å². The molecule has 1 aromatic heterocycles. The molecule has 1 aromatic rings. The van der Waals surface area contributed by atoms with Gasteiger partial charge in [0.15, 0.2) is 0 Å². The summed E-state index contributed by atoms with van der Waals surface area (Å²) in [5.41, 5.74) is 0. The fraction of sp³-hybridized carbons (Fsp3) is 0.667. The van der Waals surface area contributed by atoms with Crippen molar-refractivity contribution in [1.29, 1.82) is 0 Å². The molecule has 2 bridgehead atoms. The van der Waals surface area contributed by atoms with Gasteiger partial charge in [-0.25, -0.2) is 13.2 Å². The maximum atomic E-state index is 13.2. The summed E-state index contributed by atoms with van der Waals surface area (Å²) in [5, 5.41) is 3.29. The first-order chi connectivity index (χ1) is 11.0. The number of aryl methyl sites for hydroxylation is 1. The number of rotatable bonds is 4. The van der Waals surface area contributed by atoms with Crippen LogP contribution in [0.2, 0.25) is 0 Å². The van der Waals surface area contributed by atoms with E-state index in [-0.39, 0.29) is 35.1 Å². The zero-order valence-electron chi connectivity index (χ0n) is 13.8. The summed E-state index contributed by atoms with van der Waals surface area (Å²) in [7, 11) is -2.45. The van der Waals surface area contributed by atoms with Gasteiger partial charge in [-0.2, -0.15) is 4.31 Å². The fourth-order valence-electron chi connectivity index (χ4n) is 3.52. The number of halogens is 1. The van der Waals surface area contributed by atoms with Crippen molar-refractivity contribution in [3.8, 4) is 0 Å². The van der Waals surface area contributed by atoms with Crippen LogP contribution in [0.1, 0.15) is 42.5 Å². The molecule has 9 heteroatoms. The molecule has 2 atom stereocenters. The van der Waals surface area contributed by atoms with Crippen molar-refractivity contribution >= 4 is 28.4 Å². The van der Waals surface area contributed by atoms with E-state index in [0.717, 1.165) is 25.8 Å². The second-order valence-corrected chi connectivity index (χ2v) is 7.77. The highest BCUT2D eigenvalue weighted by Crippen LogP contribution is 2.35. The number of carbonyl (C=O) groups excluding carboxylic acids is 1. The predicted octanol–water partition coefficient (Wildman–Crippen LogP) is 1.57. The van der Waals surface area contributed by atoms with Crippen molar-refractivity contribution in [2.45, 2.75) is 49.6 Å². The molecule has 2 aliphatic rings. The van der Waals surface area contributed by atoms with Gasteiger partial charge in [0.25, 0.3) is 0 Å². The van der Waals surface area contributed by atoms with Crippen molar-refractivity contribution < 1.29 is 22.4 Å². The minimum absolute atomic E-state index is 0. The Morgan fingerprint density at radius 2 is 2.08 bits per heavy atom. The Morgan fingerprint density at radius 3 is 2.75 bits per heavy atom. The van der Waals surface area contributed by atoms with Crippen LogP contribution in [0.5, 0.6) is 0 Å². The van der Waals surface area contributed by atoms with Gasteiger partial charge < -0.3 is 14.5 Å². The molecule has 3 heterocycles. The minimum atomic E-state index is -3.69. The number of hydrogen-bond donors (Lipinski definition) is 1. The molecule has 24 heavy (non-hydrogen) atoms. The molecule has 2 unspecified atom stereocenters. The lowest BCUT2D eigenvalue weighted by Gasteiger charge is -2.26. The number of fused-ring (bicyclic) bond motifs is 2. The number of furan rings is 1. The first kappa shape index (κ1) is 19.2. The minimum Gasteiger partial charge on any atom is -0.463 e. The Bertz CT molecular complexity index is 689. The van der Waals surface area contributed by atoms with Gasteiger partial charge in [0.2, 0.25) is 15.8 Å². The molecule has 0 spiro atoms. The second-order valence-electron chi connectivity index (χ2n) is 5.96. The molecular formula is C15H23ClN2O5S. The molecule has 2 fully saturated rings. The third-order valence-electron chi connectivity index (χ3n) is 4.62. The molecule has 2 aliphatic heterocycles. The molecule has 0 radical (unpaired) electrons. The summed E-state index contributed by atoms with van der Waals surface area (Å²) in [6, 6.07) is 1.28. The van der Waals surface area contributed by atoms with Crippen LogP contribution in [0.25, 0.3) is 0 Å². The van der Waals surface area contributed by atoms with Gasteiger partial charge in [0.05, 0.1) is 7.11 Å². The first-order valence-electron chi connectivity index (χ1n) is 7.94. The topological polar surface area (TPSA) is 88.8 Å². The van der Waals surface area contributed by atoms with E-state index in [9.17, 15) is 13.2 Å². The molecule has 0 aromatic carbocycles. The van der Waals surface area contributed by atoms with Crippen LogP contribution in [0.3, 0.4) is 0 Å². The Morgan fingerprint density at radius 1 is 1.38 bits per heavy atom. The number of nitrogens with one attached hydrogen (secondary N) is 1. The van der Waals surface area contributed by atoms with E-state index in [1.165, 1.54) is 13.2 Å². The van der Waals surface area contributed by atoms with Crippen LogP contribution in [0, 0.1) is 0 Å². The Hall–Kier alpha value is -1.09. The van der Waals surface area contributed by atoms with E-state index < -0.39 is 16.0 Å². The largest absolute Gasteiger partial charge is 0.463 e. The van der Waals surface area contributed by atoms with Gasteiger partial charge >= 0.3 is 5.97 Å². The highest BCUT2D eigenvalue weighted by atomic mass is 35.5. The average molecular weight is 379 g/mol. The zero-order chi connectivity index (χ0) is 16.6. The first-order valence-corrected chi connectivity index (χ1v) is 9.38. The van der Waals surface area contributed by atoms with Crippen LogP contribution in [-0.4, -0.2) is 51.0 Å². The van der Waals surface area contributed by atoms with Crippen molar-refractivity contribution in [1.82, 2.24) is 9.62 Å². The molecule has 3 rings (SSSR count). The van der Waals surface area contributed by atoms with Crippen molar-refractivity contribution in [2.75, 3.05) is 20.2 Å². The summed E-state index contributed by atoms with van der Waals surface area (Å²) in [6.07, 6.45) is 2.95. The van der Waals surface area contributed by atoms with Crippen molar-refractivity contribution in [3.05, 3.63) is 17.6 Å². The number of carbonyl (C=O) groups is 1. The third kappa shape index (κ3) is 3.20. The normalized spacial score (nSPS) is 24.2. The van der Waals surface area contributed by atoms with Gasteiger partial charge in [0.1, 0.15) is 10.7 Å². The van der Waals surface area contributed by atoms with Crippen molar-refractivity contribution in [3.63, 3.8) is 0 Å². The molecule has 7 nitrogen and oxygen atoms in total. The van der Waals surface area contributed by atoms with E-state index in [2.05, 4.69) is 10.1 Å². The van der Waals surface area contributed by atoms with E-state index in [0.29, 0.717) is 18.7 Å². The standard InChI is InChI=1S/C15H22N2O5S.ClH/c1-3-12-14(8-13(22-12)15(18)21-2)23(19,20)17-10-4-5-11(17)9-16-7-6-10;/h8,10-11,16H,3-7,9H2,1-2H3;1H. The Kier molecular flexibility index (Phi) is 5.95. The lowest BCUT2D eigenvalue weighted by atomic mass is 10.1. The summed E-state index contributed by atoms with van der Waals surface area (Å²) < 4.78 is 38.1. The third-order valence-corrected chi connectivity index (χ3v) is 6.67. The maximum Gasteiger partial charge on any atom is 0.373 e. The smallest absolute Gasteiger partial charge is 0.373 e. The summed E-state index contributed by atoms with van der Waals surface area (Å²) in [5.74, 6) is -0.424. The van der Waals surface area contributed by atoms with Gasteiger partial charge in [-0.15, -0.1) is 12.4 Å². The molecule has 0 amide bonds. The zero-order valence-corrected chi connectivity index (χ0v) is 15.4. The van der Waals surface area contributed by atoms with Crippen LogP contribution in [-0.2, 0) is 21.2 Å². The number of ether oxygens (including phenoxy) is 1. The Balaban J connectivity index is 0.00000208. The fourth-order valence-corrected chi connectivity index (χ4v) is 5.65. The quantitative estimate of drug-likeness (QED) is 0.800. The monoisotopic (exact) mass is 378 g/mol. The number of hydrogen-bond acceptors (Lipinski definition) is 6. The van der Waals surface area contributed by atoms with E-state index >= 15 is 0 Å². The SMILES string of the molecule is CCc1oc(C(=O)OC)cc1S(=O)(=O)N1C2CCNCC1CC2.Cl.